The van der Waals surface area contributed by atoms with E-state index in [9.17, 15) is 4.79 Å². The average Bonchev–Trinajstić information content (AvgIpc) is 2.39. The van der Waals surface area contributed by atoms with E-state index in [1.54, 1.807) is 11.0 Å². The van der Waals surface area contributed by atoms with Gasteiger partial charge in [-0.15, -0.1) is 6.58 Å². The standard InChI is InChI=1S/C14H23NO3/c1-2-11-18-12-3-5-14(6-4-12)7-9-15(10-8-14)13(16)17/h2,12H,1,3-11H2,(H,16,17). The van der Waals surface area contributed by atoms with Crippen molar-refractivity contribution >= 4 is 6.09 Å². The van der Waals surface area contributed by atoms with Gasteiger partial charge in [0, 0.05) is 13.1 Å². The Hall–Kier alpha value is -1.03. The third kappa shape index (κ3) is 3.05. The molecule has 0 aromatic heterocycles. The number of nitrogens with zero attached hydrogens (tertiary/aromatic N) is 1. The maximum absolute atomic E-state index is 10.9. The highest BCUT2D eigenvalue weighted by atomic mass is 16.5. The van der Waals surface area contributed by atoms with E-state index in [-0.39, 0.29) is 0 Å². The van der Waals surface area contributed by atoms with E-state index in [1.807, 2.05) is 0 Å². The minimum Gasteiger partial charge on any atom is -0.465 e. The smallest absolute Gasteiger partial charge is 0.407 e. The van der Waals surface area contributed by atoms with E-state index in [2.05, 4.69) is 6.58 Å². The van der Waals surface area contributed by atoms with Gasteiger partial charge in [-0.2, -0.15) is 0 Å². The number of hydrogen-bond donors (Lipinski definition) is 1. The molecule has 0 aromatic rings. The maximum Gasteiger partial charge on any atom is 0.407 e. The lowest BCUT2D eigenvalue weighted by atomic mass is 9.67. The van der Waals surface area contributed by atoms with Crippen LogP contribution in [0.5, 0.6) is 0 Å². The second kappa shape index (κ2) is 5.74. The van der Waals surface area contributed by atoms with Crippen molar-refractivity contribution in [1.29, 1.82) is 0 Å². The highest BCUT2D eigenvalue weighted by Gasteiger charge is 2.39. The lowest BCUT2D eigenvalue weighted by Crippen LogP contribution is -2.44. The van der Waals surface area contributed by atoms with Gasteiger partial charge in [-0.25, -0.2) is 4.79 Å². The monoisotopic (exact) mass is 253 g/mol. The zero-order valence-corrected chi connectivity index (χ0v) is 10.9. The number of carboxylic acid groups (broad SMARTS) is 1. The van der Waals surface area contributed by atoms with E-state index < -0.39 is 6.09 Å². The molecule has 0 unspecified atom stereocenters. The summed E-state index contributed by atoms with van der Waals surface area (Å²) in [6.07, 6.45) is 8.04. The summed E-state index contributed by atoms with van der Waals surface area (Å²) >= 11 is 0. The predicted octanol–water partition coefficient (Wildman–Crippen LogP) is 2.89. The Morgan fingerprint density at radius 1 is 1.33 bits per heavy atom. The number of carbonyl (C=O) groups is 1. The van der Waals surface area contributed by atoms with E-state index >= 15 is 0 Å². The number of rotatable bonds is 3. The quantitative estimate of drug-likeness (QED) is 0.787. The van der Waals surface area contributed by atoms with Gasteiger partial charge in [-0.3, -0.25) is 0 Å². The first-order valence-electron chi connectivity index (χ1n) is 6.86. The minimum absolute atomic E-state index is 0.381. The molecular formula is C14H23NO3. The first-order valence-corrected chi connectivity index (χ1v) is 6.86. The summed E-state index contributed by atoms with van der Waals surface area (Å²) in [5.74, 6) is 0. The summed E-state index contributed by atoms with van der Waals surface area (Å²) in [5, 5.41) is 8.96. The first kappa shape index (κ1) is 13.4. The number of ether oxygens (including phenoxy) is 1. The summed E-state index contributed by atoms with van der Waals surface area (Å²) in [4.78, 5) is 12.4. The molecule has 0 bridgehead atoms. The van der Waals surface area contributed by atoms with Crippen molar-refractivity contribution in [3.05, 3.63) is 12.7 Å². The summed E-state index contributed by atoms with van der Waals surface area (Å²) in [7, 11) is 0. The fourth-order valence-corrected chi connectivity index (χ4v) is 3.25. The van der Waals surface area contributed by atoms with Gasteiger partial charge in [0.25, 0.3) is 0 Å². The Kier molecular flexibility index (Phi) is 4.27. The zero-order chi connectivity index (χ0) is 13.0. The summed E-state index contributed by atoms with van der Waals surface area (Å²) in [6, 6.07) is 0. The van der Waals surface area contributed by atoms with Crippen LogP contribution in [0, 0.1) is 5.41 Å². The van der Waals surface area contributed by atoms with Gasteiger partial charge < -0.3 is 14.7 Å². The molecule has 0 aromatic carbocycles. The van der Waals surface area contributed by atoms with Crippen LogP contribution < -0.4 is 0 Å². The number of piperidine rings is 1. The SMILES string of the molecule is C=CCOC1CCC2(CC1)CCN(C(=O)O)CC2. The Morgan fingerprint density at radius 3 is 2.44 bits per heavy atom. The van der Waals surface area contributed by atoms with Crippen LogP contribution in [0.4, 0.5) is 4.79 Å². The van der Waals surface area contributed by atoms with Crippen LogP contribution in [0.3, 0.4) is 0 Å². The average molecular weight is 253 g/mol. The normalized spacial score (nSPS) is 24.1. The Balaban J connectivity index is 1.79. The van der Waals surface area contributed by atoms with Gasteiger partial charge in [-0.1, -0.05) is 6.08 Å². The lowest BCUT2D eigenvalue weighted by molar-refractivity contribution is -0.0121. The van der Waals surface area contributed by atoms with Gasteiger partial charge in [-0.05, 0) is 43.9 Å². The van der Waals surface area contributed by atoms with Crippen LogP contribution in [-0.2, 0) is 4.74 Å². The third-order valence-corrected chi connectivity index (χ3v) is 4.54. The molecule has 1 aliphatic heterocycles. The van der Waals surface area contributed by atoms with Crippen LogP contribution in [0.15, 0.2) is 12.7 Å². The topological polar surface area (TPSA) is 49.8 Å². The van der Waals surface area contributed by atoms with E-state index in [1.165, 1.54) is 12.8 Å². The molecule has 4 nitrogen and oxygen atoms in total. The molecule has 2 aliphatic rings. The van der Waals surface area contributed by atoms with Crippen LogP contribution in [-0.4, -0.2) is 41.9 Å². The highest BCUT2D eigenvalue weighted by molar-refractivity contribution is 5.65. The summed E-state index contributed by atoms with van der Waals surface area (Å²) in [5.41, 5.74) is 0.389. The highest BCUT2D eigenvalue weighted by Crippen LogP contribution is 2.45. The van der Waals surface area contributed by atoms with Crippen molar-refractivity contribution in [2.75, 3.05) is 19.7 Å². The Labute approximate surface area is 109 Å². The molecule has 1 saturated heterocycles. The molecule has 102 valence electrons. The van der Waals surface area contributed by atoms with Crippen molar-refractivity contribution in [3.8, 4) is 0 Å². The van der Waals surface area contributed by atoms with Gasteiger partial charge in [0.15, 0.2) is 0 Å². The van der Waals surface area contributed by atoms with E-state index in [0.29, 0.717) is 31.2 Å². The molecule has 2 fully saturated rings. The molecule has 1 spiro atoms. The molecule has 0 atom stereocenters. The zero-order valence-electron chi connectivity index (χ0n) is 10.9. The van der Waals surface area contributed by atoms with Gasteiger partial charge in [0.05, 0.1) is 12.7 Å². The first-order chi connectivity index (χ1) is 8.65. The van der Waals surface area contributed by atoms with E-state index in [4.69, 9.17) is 9.84 Å². The van der Waals surface area contributed by atoms with Crippen LogP contribution >= 0.6 is 0 Å². The predicted molar refractivity (Wildman–Crippen MR) is 69.7 cm³/mol. The molecule has 1 heterocycles. The second-order valence-corrected chi connectivity index (χ2v) is 5.59. The van der Waals surface area contributed by atoms with Crippen LogP contribution in [0.25, 0.3) is 0 Å². The molecule has 1 amide bonds. The van der Waals surface area contributed by atoms with Crippen molar-refractivity contribution in [1.82, 2.24) is 4.90 Å². The van der Waals surface area contributed by atoms with Crippen molar-refractivity contribution < 1.29 is 14.6 Å². The van der Waals surface area contributed by atoms with Crippen molar-refractivity contribution in [2.24, 2.45) is 5.41 Å². The Morgan fingerprint density at radius 2 is 1.94 bits per heavy atom. The molecule has 1 aliphatic carbocycles. The summed E-state index contributed by atoms with van der Waals surface area (Å²) < 4.78 is 5.70. The third-order valence-electron chi connectivity index (χ3n) is 4.54. The molecule has 2 rings (SSSR count). The van der Waals surface area contributed by atoms with Gasteiger partial charge >= 0.3 is 6.09 Å². The number of hydrogen-bond acceptors (Lipinski definition) is 2. The van der Waals surface area contributed by atoms with Crippen LogP contribution in [0.1, 0.15) is 38.5 Å². The number of amides is 1. The largest absolute Gasteiger partial charge is 0.465 e. The van der Waals surface area contributed by atoms with Crippen molar-refractivity contribution in [3.63, 3.8) is 0 Å². The molecule has 4 heteroatoms. The van der Waals surface area contributed by atoms with Crippen molar-refractivity contribution in [2.45, 2.75) is 44.6 Å². The van der Waals surface area contributed by atoms with Crippen LogP contribution in [0.2, 0.25) is 0 Å². The molecule has 1 N–H and O–H groups in total. The molecular weight excluding hydrogens is 230 g/mol. The van der Waals surface area contributed by atoms with Gasteiger partial charge in [0.1, 0.15) is 0 Å². The van der Waals surface area contributed by atoms with E-state index in [0.717, 1.165) is 25.7 Å². The Bertz CT molecular complexity index is 298. The molecule has 1 saturated carbocycles. The maximum atomic E-state index is 10.9. The minimum atomic E-state index is -0.771. The van der Waals surface area contributed by atoms with Gasteiger partial charge in [0.2, 0.25) is 0 Å². The second-order valence-electron chi connectivity index (χ2n) is 5.59. The lowest BCUT2D eigenvalue weighted by Gasteiger charge is -2.45. The number of likely N-dealkylation sites (tertiary alicyclic amines) is 1. The fourth-order valence-electron chi connectivity index (χ4n) is 3.25. The molecule has 18 heavy (non-hydrogen) atoms. The summed E-state index contributed by atoms with van der Waals surface area (Å²) in [6.45, 7) is 5.71. The molecule has 0 radical (unpaired) electrons. The fraction of sp³-hybridized carbons (Fsp3) is 0.786.